The zero-order valence-electron chi connectivity index (χ0n) is 11.0. The van der Waals surface area contributed by atoms with Crippen molar-refractivity contribution in [2.24, 2.45) is 0 Å². The molecule has 1 amide bonds. The van der Waals surface area contributed by atoms with Crippen molar-refractivity contribution in [3.63, 3.8) is 0 Å². The zero-order valence-corrected chi connectivity index (χ0v) is 11.0. The van der Waals surface area contributed by atoms with E-state index in [1.54, 1.807) is 30.3 Å². The van der Waals surface area contributed by atoms with E-state index in [9.17, 15) is 9.59 Å². The number of amides is 1. The van der Waals surface area contributed by atoms with Crippen molar-refractivity contribution in [2.45, 2.75) is 12.6 Å². The highest BCUT2D eigenvalue weighted by Gasteiger charge is 2.24. The molecular weight excluding hydrogens is 260 g/mol. The summed E-state index contributed by atoms with van der Waals surface area (Å²) in [4.78, 5) is 33.4. The maximum atomic E-state index is 12.3. The van der Waals surface area contributed by atoms with Gasteiger partial charge in [0.1, 0.15) is 12.9 Å². The van der Waals surface area contributed by atoms with Gasteiger partial charge in [-0.15, -0.1) is 0 Å². The van der Waals surface area contributed by atoms with Crippen molar-refractivity contribution in [3.05, 3.63) is 35.0 Å². The lowest BCUT2D eigenvalue weighted by Crippen LogP contribution is -2.46. The van der Waals surface area contributed by atoms with Crippen molar-refractivity contribution in [1.82, 2.24) is 19.4 Å². The zero-order chi connectivity index (χ0) is 14.1. The molecule has 7 nitrogen and oxygen atoms in total. The number of fused-ring (bicyclic) bond motifs is 1. The lowest BCUT2D eigenvalue weighted by Gasteiger charge is -2.30. The lowest BCUT2D eigenvalue weighted by molar-refractivity contribution is -0.147. The average Bonchev–Trinajstić information content (AvgIpc) is 2.46. The third-order valence-corrected chi connectivity index (χ3v) is 3.34. The molecule has 0 N–H and O–H groups in total. The molecule has 1 aliphatic heterocycles. The highest BCUT2D eigenvalue weighted by molar-refractivity contribution is 5.77. The largest absolute Gasteiger partial charge is 0.365 e. The van der Waals surface area contributed by atoms with Crippen LogP contribution in [0.4, 0.5) is 0 Å². The normalized spacial score (nSPS) is 19.6. The highest BCUT2D eigenvalue weighted by Crippen LogP contribution is 2.07. The molecule has 0 unspecified atom stereocenters. The van der Waals surface area contributed by atoms with Crippen LogP contribution in [0, 0.1) is 0 Å². The van der Waals surface area contributed by atoms with Gasteiger partial charge in [-0.05, 0) is 12.1 Å². The van der Waals surface area contributed by atoms with E-state index in [0.29, 0.717) is 24.1 Å². The summed E-state index contributed by atoms with van der Waals surface area (Å²) in [7, 11) is 1.73. The van der Waals surface area contributed by atoms with E-state index in [2.05, 4.69) is 9.97 Å². The van der Waals surface area contributed by atoms with E-state index in [1.165, 1.54) is 10.9 Å². The Morgan fingerprint density at radius 2 is 2.25 bits per heavy atom. The van der Waals surface area contributed by atoms with E-state index in [4.69, 9.17) is 4.74 Å². The molecule has 0 aromatic carbocycles. The number of aromatic nitrogens is 3. The molecule has 0 saturated carbocycles. The number of hydrogen-bond donors (Lipinski definition) is 0. The quantitative estimate of drug-likeness (QED) is 0.748. The van der Waals surface area contributed by atoms with Gasteiger partial charge in [0, 0.05) is 19.8 Å². The first-order valence-corrected chi connectivity index (χ1v) is 6.31. The number of carbonyl (C=O) groups is 1. The second kappa shape index (κ2) is 5.01. The van der Waals surface area contributed by atoms with Crippen LogP contribution in [-0.4, -0.2) is 51.6 Å². The fourth-order valence-corrected chi connectivity index (χ4v) is 2.22. The monoisotopic (exact) mass is 274 g/mol. The molecule has 0 radical (unpaired) electrons. The van der Waals surface area contributed by atoms with Crippen molar-refractivity contribution >= 4 is 16.9 Å². The van der Waals surface area contributed by atoms with E-state index in [-0.39, 0.29) is 24.2 Å². The molecule has 3 rings (SSSR count). The summed E-state index contributed by atoms with van der Waals surface area (Å²) in [5.41, 5.74) is 0.289. The number of morpholine rings is 1. The first-order valence-electron chi connectivity index (χ1n) is 6.31. The molecule has 0 spiro atoms. The van der Waals surface area contributed by atoms with Gasteiger partial charge in [0.05, 0.1) is 18.0 Å². The van der Waals surface area contributed by atoms with Gasteiger partial charge >= 0.3 is 0 Å². The Morgan fingerprint density at radius 1 is 1.40 bits per heavy atom. The van der Waals surface area contributed by atoms with Crippen LogP contribution < -0.4 is 5.56 Å². The van der Waals surface area contributed by atoms with Gasteiger partial charge in [0.25, 0.3) is 5.56 Å². The lowest BCUT2D eigenvalue weighted by atomic mass is 10.2. The Kier molecular flexibility index (Phi) is 3.19. The summed E-state index contributed by atoms with van der Waals surface area (Å²) in [6.07, 6.45) is 2.87. The Labute approximate surface area is 114 Å². The van der Waals surface area contributed by atoms with Crippen LogP contribution in [0.15, 0.2) is 29.5 Å². The van der Waals surface area contributed by atoms with Crippen LogP contribution >= 0.6 is 0 Å². The molecule has 2 aromatic rings. The van der Waals surface area contributed by atoms with Crippen LogP contribution in [0.1, 0.15) is 0 Å². The molecule has 1 atom stereocenters. The molecule has 20 heavy (non-hydrogen) atoms. The molecule has 1 fully saturated rings. The molecule has 7 heteroatoms. The summed E-state index contributed by atoms with van der Waals surface area (Å²) < 4.78 is 6.94. The van der Waals surface area contributed by atoms with Gasteiger partial charge in [0.2, 0.25) is 5.91 Å². The Balaban J connectivity index is 1.86. The van der Waals surface area contributed by atoms with Gasteiger partial charge in [-0.3, -0.25) is 14.2 Å². The van der Waals surface area contributed by atoms with E-state index in [1.807, 2.05) is 0 Å². The third-order valence-electron chi connectivity index (χ3n) is 3.34. The van der Waals surface area contributed by atoms with Gasteiger partial charge in [-0.25, -0.2) is 9.97 Å². The van der Waals surface area contributed by atoms with Gasteiger partial charge in [-0.1, -0.05) is 0 Å². The fourth-order valence-electron chi connectivity index (χ4n) is 2.22. The summed E-state index contributed by atoms with van der Waals surface area (Å²) in [5, 5.41) is 0.482. The number of ether oxygens (including phenoxy) is 1. The van der Waals surface area contributed by atoms with Crippen LogP contribution in [0.3, 0.4) is 0 Å². The number of rotatable bonds is 2. The molecule has 104 valence electrons. The van der Waals surface area contributed by atoms with Crippen LogP contribution in [-0.2, 0) is 16.1 Å². The molecule has 2 aromatic heterocycles. The molecule has 0 aliphatic carbocycles. The van der Waals surface area contributed by atoms with Gasteiger partial charge < -0.3 is 9.64 Å². The highest BCUT2D eigenvalue weighted by atomic mass is 16.5. The summed E-state index contributed by atoms with van der Waals surface area (Å²) in [6, 6.07) is 3.41. The van der Waals surface area contributed by atoms with Crippen LogP contribution in [0.5, 0.6) is 0 Å². The predicted octanol–water partition coefficient (Wildman–Crippen LogP) is -0.351. The number of carbonyl (C=O) groups excluding carboxylic acids is 1. The number of likely N-dealkylation sites (N-methyl/N-ethyl adjacent to an activating group) is 1. The second-order valence-electron chi connectivity index (χ2n) is 4.78. The first-order chi connectivity index (χ1) is 9.65. The molecule has 1 saturated heterocycles. The maximum Gasteiger partial charge on any atom is 0.262 e. The van der Waals surface area contributed by atoms with E-state index >= 15 is 0 Å². The summed E-state index contributed by atoms with van der Waals surface area (Å²) >= 11 is 0. The second-order valence-corrected chi connectivity index (χ2v) is 4.78. The SMILES string of the molecule is CN1C[C@H](Cn2cnc3ncccc3c2=O)OCC1=O. The molecule has 0 bridgehead atoms. The van der Waals surface area contributed by atoms with Crippen molar-refractivity contribution in [2.75, 3.05) is 20.2 Å². The molecule has 3 heterocycles. The summed E-state index contributed by atoms with van der Waals surface area (Å²) in [5.74, 6) is -0.0468. The minimum absolute atomic E-state index is 0.0468. The van der Waals surface area contributed by atoms with Crippen molar-refractivity contribution in [3.8, 4) is 0 Å². The van der Waals surface area contributed by atoms with Crippen molar-refractivity contribution in [1.29, 1.82) is 0 Å². The van der Waals surface area contributed by atoms with Crippen LogP contribution in [0.2, 0.25) is 0 Å². The molecule has 1 aliphatic rings. The maximum absolute atomic E-state index is 12.3. The van der Waals surface area contributed by atoms with Crippen LogP contribution in [0.25, 0.3) is 11.0 Å². The van der Waals surface area contributed by atoms with Crippen molar-refractivity contribution < 1.29 is 9.53 Å². The van der Waals surface area contributed by atoms with Gasteiger partial charge in [0.15, 0.2) is 5.65 Å². The number of nitrogens with zero attached hydrogens (tertiary/aromatic N) is 4. The first kappa shape index (κ1) is 12.7. The number of pyridine rings is 1. The third kappa shape index (κ3) is 2.27. The predicted molar refractivity (Wildman–Crippen MR) is 71.2 cm³/mol. The van der Waals surface area contributed by atoms with E-state index in [0.717, 1.165) is 0 Å². The Morgan fingerprint density at radius 3 is 3.05 bits per heavy atom. The minimum Gasteiger partial charge on any atom is -0.365 e. The Hall–Kier alpha value is -2.28. The van der Waals surface area contributed by atoms with Gasteiger partial charge in [-0.2, -0.15) is 0 Å². The standard InChI is InChI=1S/C13H14N4O3/c1-16-5-9(20-7-11(16)18)6-17-8-15-12-10(13(17)19)3-2-4-14-12/h2-4,8-9H,5-7H2,1H3/t9-/m1/s1. The fraction of sp³-hybridized carbons (Fsp3) is 0.385. The molecular formula is C13H14N4O3. The minimum atomic E-state index is -0.202. The topological polar surface area (TPSA) is 77.3 Å². The average molecular weight is 274 g/mol. The summed E-state index contributed by atoms with van der Waals surface area (Å²) in [6.45, 7) is 0.892. The number of hydrogen-bond acceptors (Lipinski definition) is 5. The van der Waals surface area contributed by atoms with E-state index < -0.39 is 0 Å². The Bertz CT molecular complexity index is 712. The smallest absolute Gasteiger partial charge is 0.262 e.